The lowest BCUT2D eigenvalue weighted by molar-refractivity contribution is -0.0725. The summed E-state index contributed by atoms with van der Waals surface area (Å²) in [6.45, 7) is 2.77. The molecule has 6 nitrogen and oxygen atoms in total. The van der Waals surface area contributed by atoms with Gasteiger partial charge in [-0.25, -0.2) is 4.79 Å². The Morgan fingerprint density at radius 2 is 1.69 bits per heavy atom. The lowest BCUT2D eigenvalue weighted by Crippen LogP contribution is -2.59. The largest absolute Gasteiger partial charge is 0.388 e. The molecule has 0 atom stereocenters. The molecule has 4 fully saturated rings. The van der Waals surface area contributed by atoms with E-state index in [1.165, 1.54) is 5.56 Å². The Hall–Kier alpha value is -1.63. The Bertz CT molecular complexity index is 809. The zero-order valence-corrected chi connectivity index (χ0v) is 19.8. The number of aliphatic hydroxyl groups is 1. The fraction of sp³-hybridized carbons (Fsp3) is 0.731. The van der Waals surface area contributed by atoms with Crippen molar-refractivity contribution >= 4 is 6.03 Å². The van der Waals surface area contributed by atoms with Crippen molar-refractivity contribution in [1.82, 2.24) is 14.7 Å². The summed E-state index contributed by atoms with van der Waals surface area (Å²) < 4.78 is 5.57. The number of carbonyl (C=O) groups excluding carboxylic acids is 1. The molecule has 1 N–H and O–H groups in total. The summed E-state index contributed by atoms with van der Waals surface area (Å²) in [6.07, 6.45) is 8.53. The number of hydrogen-bond donors (Lipinski definition) is 1. The number of carbonyl (C=O) groups is 1. The third kappa shape index (κ3) is 3.64. The molecule has 4 aliphatic rings. The quantitative estimate of drug-likeness (QED) is 0.759. The van der Waals surface area contributed by atoms with Gasteiger partial charge in [0.2, 0.25) is 0 Å². The Labute approximate surface area is 192 Å². The third-order valence-corrected chi connectivity index (χ3v) is 9.06. The first-order valence-electron chi connectivity index (χ1n) is 12.5. The van der Waals surface area contributed by atoms with E-state index in [2.05, 4.69) is 59.1 Å². The first kappa shape index (κ1) is 22.2. The molecule has 2 aliphatic carbocycles. The molecule has 1 spiro atoms. The molecule has 0 bridgehead atoms. The molecule has 1 aromatic rings. The van der Waals surface area contributed by atoms with Gasteiger partial charge in [-0.15, -0.1) is 0 Å². The Kier molecular flexibility index (Phi) is 5.75. The monoisotopic (exact) mass is 441 g/mol. The van der Waals surface area contributed by atoms with E-state index in [1.54, 1.807) is 0 Å². The zero-order valence-electron chi connectivity index (χ0n) is 19.8. The summed E-state index contributed by atoms with van der Waals surface area (Å²) >= 11 is 0. The maximum absolute atomic E-state index is 13.8. The van der Waals surface area contributed by atoms with E-state index in [1.807, 2.05) is 0 Å². The van der Waals surface area contributed by atoms with E-state index in [9.17, 15) is 9.90 Å². The van der Waals surface area contributed by atoms with E-state index >= 15 is 0 Å². The highest BCUT2D eigenvalue weighted by Crippen LogP contribution is 2.50. The van der Waals surface area contributed by atoms with E-state index in [4.69, 9.17) is 4.74 Å². The topological polar surface area (TPSA) is 56.2 Å². The summed E-state index contributed by atoms with van der Waals surface area (Å²) in [4.78, 5) is 20.4. The van der Waals surface area contributed by atoms with Gasteiger partial charge in [-0.1, -0.05) is 30.3 Å². The molecule has 0 aromatic heterocycles. The van der Waals surface area contributed by atoms with Crippen molar-refractivity contribution in [3.05, 3.63) is 35.9 Å². The fourth-order valence-corrected chi connectivity index (χ4v) is 6.68. The SMILES string of the molecule is CN(C)[C@]1(c2ccccc2)CC[C@@]2(CC1)CN(C1CCOCC1)C(=O)N2CC1(O)CCC1. The van der Waals surface area contributed by atoms with Crippen LogP contribution in [0.25, 0.3) is 0 Å². The second-order valence-electron chi connectivity index (χ2n) is 10.9. The van der Waals surface area contributed by atoms with E-state index in [0.29, 0.717) is 6.54 Å². The van der Waals surface area contributed by atoms with Gasteiger partial charge < -0.3 is 19.6 Å². The van der Waals surface area contributed by atoms with Crippen molar-refractivity contribution in [2.45, 2.75) is 80.5 Å². The van der Waals surface area contributed by atoms with Crippen LogP contribution in [0.3, 0.4) is 0 Å². The Morgan fingerprint density at radius 3 is 2.25 bits per heavy atom. The highest BCUT2D eigenvalue weighted by atomic mass is 16.5. The fourth-order valence-electron chi connectivity index (χ4n) is 6.68. The van der Waals surface area contributed by atoms with Crippen molar-refractivity contribution in [3.8, 4) is 0 Å². The van der Waals surface area contributed by atoms with Gasteiger partial charge in [-0.3, -0.25) is 4.90 Å². The highest BCUT2D eigenvalue weighted by molar-refractivity contribution is 5.79. The van der Waals surface area contributed by atoms with Gasteiger partial charge in [0.25, 0.3) is 0 Å². The molecule has 0 unspecified atom stereocenters. The summed E-state index contributed by atoms with van der Waals surface area (Å²) in [5.41, 5.74) is 0.508. The maximum Gasteiger partial charge on any atom is 0.320 e. The number of benzene rings is 1. The number of urea groups is 1. The molecule has 2 saturated carbocycles. The van der Waals surface area contributed by atoms with Gasteiger partial charge in [-0.05, 0) is 77.4 Å². The second kappa shape index (κ2) is 8.30. The average Bonchev–Trinajstić information content (AvgIpc) is 3.06. The van der Waals surface area contributed by atoms with Crippen LogP contribution in [-0.2, 0) is 10.3 Å². The summed E-state index contributed by atoms with van der Waals surface area (Å²) in [5, 5.41) is 11.0. The molecule has 2 aliphatic heterocycles. The van der Waals surface area contributed by atoms with Crippen LogP contribution in [0, 0.1) is 0 Å². The van der Waals surface area contributed by atoms with Gasteiger partial charge in [0.1, 0.15) is 0 Å². The van der Waals surface area contributed by atoms with Crippen molar-refractivity contribution in [2.75, 3.05) is 40.4 Å². The van der Waals surface area contributed by atoms with Crippen LogP contribution >= 0.6 is 0 Å². The van der Waals surface area contributed by atoms with Crippen LogP contribution in [0.5, 0.6) is 0 Å². The van der Waals surface area contributed by atoms with Crippen LogP contribution in [0.4, 0.5) is 4.79 Å². The number of ether oxygens (including phenoxy) is 1. The van der Waals surface area contributed by atoms with Gasteiger partial charge in [0.15, 0.2) is 0 Å². The first-order valence-corrected chi connectivity index (χ1v) is 12.5. The maximum atomic E-state index is 13.8. The van der Waals surface area contributed by atoms with E-state index in [-0.39, 0.29) is 23.2 Å². The summed E-state index contributed by atoms with van der Waals surface area (Å²) in [5.74, 6) is 0. The predicted molar refractivity (Wildman–Crippen MR) is 124 cm³/mol. The lowest BCUT2D eigenvalue weighted by Gasteiger charge is -2.52. The van der Waals surface area contributed by atoms with Crippen LogP contribution in [0.1, 0.15) is 63.4 Å². The summed E-state index contributed by atoms with van der Waals surface area (Å²) in [6, 6.07) is 11.3. The van der Waals surface area contributed by atoms with Gasteiger partial charge in [0.05, 0.1) is 17.7 Å². The van der Waals surface area contributed by atoms with Crippen molar-refractivity contribution in [2.24, 2.45) is 0 Å². The predicted octanol–water partition coefficient (Wildman–Crippen LogP) is 3.59. The van der Waals surface area contributed by atoms with Crippen molar-refractivity contribution < 1.29 is 14.6 Å². The number of β-amino-alcohol motifs (C(OH)–C–C–N with tert-alkyl or cyclic N) is 1. The Morgan fingerprint density at radius 1 is 1.03 bits per heavy atom. The molecule has 2 saturated heterocycles. The van der Waals surface area contributed by atoms with Crippen molar-refractivity contribution in [3.63, 3.8) is 0 Å². The molecule has 5 rings (SSSR count). The normalized spacial score (nSPS) is 33.2. The van der Waals surface area contributed by atoms with E-state index in [0.717, 1.165) is 77.5 Å². The number of amides is 2. The van der Waals surface area contributed by atoms with Crippen LogP contribution < -0.4 is 0 Å². The first-order chi connectivity index (χ1) is 15.4. The molecule has 32 heavy (non-hydrogen) atoms. The average molecular weight is 442 g/mol. The molecule has 2 heterocycles. The lowest BCUT2D eigenvalue weighted by atomic mass is 9.67. The minimum absolute atomic E-state index is 0.000692. The molecular weight excluding hydrogens is 402 g/mol. The van der Waals surface area contributed by atoms with E-state index < -0.39 is 5.60 Å². The molecule has 1 aromatic carbocycles. The van der Waals surface area contributed by atoms with Gasteiger partial charge in [-0.2, -0.15) is 0 Å². The minimum Gasteiger partial charge on any atom is -0.388 e. The van der Waals surface area contributed by atoms with Gasteiger partial charge >= 0.3 is 6.03 Å². The second-order valence-corrected chi connectivity index (χ2v) is 10.9. The van der Waals surface area contributed by atoms with Crippen LogP contribution in [0.2, 0.25) is 0 Å². The Balaban J connectivity index is 1.42. The van der Waals surface area contributed by atoms with Crippen LogP contribution in [0.15, 0.2) is 30.3 Å². The van der Waals surface area contributed by atoms with Crippen molar-refractivity contribution in [1.29, 1.82) is 0 Å². The number of hydrogen-bond acceptors (Lipinski definition) is 4. The molecule has 176 valence electrons. The highest BCUT2D eigenvalue weighted by Gasteiger charge is 2.57. The number of rotatable bonds is 5. The zero-order chi connectivity index (χ0) is 22.4. The minimum atomic E-state index is -0.691. The third-order valence-electron chi connectivity index (χ3n) is 9.06. The number of nitrogens with zero attached hydrogens (tertiary/aromatic N) is 3. The van der Waals surface area contributed by atoms with Gasteiger partial charge in [0, 0.05) is 31.3 Å². The molecule has 0 radical (unpaired) electrons. The standard InChI is InChI=1S/C26H39N3O3/c1-27(2)26(21-7-4-3-5-8-21)15-13-24(14-16-26)19-28(22-9-17-32-18-10-22)23(30)29(24)20-25(31)11-6-12-25/h3-5,7-8,22,31H,6,9-20H2,1-2H3/t24-,26-. The summed E-state index contributed by atoms with van der Waals surface area (Å²) in [7, 11) is 4.38. The smallest absolute Gasteiger partial charge is 0.320 e. The van der Waals surface area contributed by atoms with Crippen LogP contribution in [-0.4, -0.2) is 83.4 Å². The molecular formula is C26H39N3O3. The molecule has 6 heteroatoms. The molecule has 2 amide bonds.